The summed E-state index contributed by atoms with van der Waals surface area (Å²) in [5.41, 5.74) is 0.575. The van der Waals surface area contributed by atoms with Gasteiger partial charge in [0.2, 0.25) is 0 Å². The maximum absolute atomic E-state index is 11.8. The molecule has 0 bridgehead atoms. The van der Waals surface area contributed by atoms with E-state index in [2.05, 4.69) is 5.32 Å². The second-order valence-corrected chi connectivity index (χ2v) is 3.89. The minimum atomic E-state index is -0.478. The Kier molecular flexibility index (Phi) is 3.06. The van der Waals surface area contributed by atoms with Gasteiger partial charge in [0.15, 0.2) is 0 Å². The molecule has 1 unspecified atom stereocenters. The van der Waals surface area contributed by atoms with E-state index in [-0.39, 0.29) is 5.91 Å². The molecule has 0 aliphatic heterocycles. The Bertz CT molecular complexity index is 598. The van der Waals surface area contributed by atoms with Crippen LogP contribution in [-0.4, -0.2) is 11.9 Å². The summed E-state index contributed by atoms with van der Waals surface area (Å²) in [6.45, 7) is 1.65. The van der Waals surface area contributed by atoms with Gasteiger partial charge in [-0.2, -0.15) is 5.26 Å². The maximum Gasteiger partial charge on any atom is 0.252 e. The summed E-state index contributed by atoms with van der Waals surface area (Å²) < 4.78 is 0. The van der Waals surface area contributed by atoms with E-state index in [1.807, 2.05) is 42.5 Å². The molecule has 17 heavy (non-hydrogen) atoms. The molecule has 0 spiro atoms. The number of nitriles is 1. The number of fused-ring (bicyclic) bond motifs is 1. The molecule has 0 aliphatic rings. The lowest BCUT2D eigenvalue weighted by Gasteiger charge is -2.07. The van der Waals surface area contributed by atoms with Crippen LogP contribution in [0, 0.1) is 11.3 Å². The molecule has 0 saturated carbocycles. The van der Waals surface area contributed by atoms with Crippen molar-refractivity contribution in [3.63, 3.8) is 0 Å². The van der Waals surface area contributed by atoms with Crippen LogP contribution in [0.2, 0.25) is 0 Å². The molecular weight excluding hydrogens is 212 g/mol. The zero-order valence-corrected chi connectivity index (χ0v) is 9.47. The van der Waals surface area contributed by atoms with Gasteiger partial charge < -0.3 is 5.32 Å². The van der Waals surface area contributed by atoms with Crippen molar-refractivity contribution in [2.45, 2.75) is 13.0 Å². The summed E-state index contributed by atoms with van der Waals surface area (Å²) in [6, 6.07) is 14.8. The van der Waals surface area contributed by atoms with Crippen molar-refractivity contribution >= 4 is 16.7 Å². The molecule has 1 amide bonds. The highest BCUT2D eigenvalue weighted by molar-refractivity contribution is 5.98. The van der Waals surface area contributed by atoms with E-state index < -0.39 is 6.04 Å². The van der Waals surface area contributed by atoms with Crippen molar-refractivity contribution in [3.05, 3.63) is 48.0 Å². The fourth-order valence-electron chi connectivity index (χ4n) is 1.64. The maximum atomic E-state index is 11.8. The first-order chi connectivity index (χ1) is 8.20. The number of amides is 1. The Morgan fingerprint density at radius 2 is 1.94 bits per heavy atom. The summed E-state index contributed by atoms with van der Waals surface area (Å²) in [7, 11) is 0. The Morgan fingerprint density at radius 3 is 2.65 bits per heavy atom. The lowest BCUT2D eigenvalue weighted by molar-refractivity contribution is 0.0948. The number of hydrogen-bond donors (Lipinski definition) is 1. The average Bonchev–Trinajstić information content (AvgIpc) is 2.38. The Morgan fingerprint density at radius 1 is 1.24 bits per heavy atom. The van der Waals surface area contributed by atoms with Gasteiger partial charge >= 0.3 is 0 Å². The van der Waals surface area contributed by atoms with Gasteiger partial charge in [0.25, 0.3) is 5.91 Å². The van der Waals surface area contributed by atoms with E-state index in [0.717, 1.165) is 10.8 Å². The Balaban J connectivity index is 2.31. The third-order valence-corrected chi connectivity index (χ3v) is 2.55. The summed E-state index contributed by atoms with van der Waals surface area (Å²) >= 11 is 0. The molecule has 1 N–H and O–H groups in total. The third-order valence-electron chi connectivity index (χ3n) is 2.55. The molecule has 0 saturated heterocycles. The van der Waals surface area contributed by atoms with Gasteiger partial charge in [-0.3, -0.25) is 4.79 Å². The van der Waals surface area contributed by atoms with Crippen LogP contribution in [0.5, 0.6) is 0 Å². The SMILES string of the molecule is CC(C#N)NC(=O)c1ccc2ccccc2c1. The standard InChI is InChI=1S/C14H12N2O/c1-10(9-15)16-14(17)13-7-6-11-4-2-3-5-12(11)8-13/h2-8,10H,1H3,(H,16,17). The molecule has 2 aromatic rings. The lowest BCUT2D eigenvalue weighted by atomic mass is 10.1. The summed E-state index contributed by atoms with van der Waals surface area (Å²) in [6.07, 6.45) is 0. The van der Waals surface area contributed by atoms with Crippen LogP contribution in [0.1, 0.15) is 17.3 Å². The minimum absolute atomic E-state index is 0.218. The normalized spacial score (nSPS) is 11.8. The molecule has 2 aromatic carbocycles. The van der Waals surface area contributed by atoms with Crippen molar-refractivity contribution < 1.29 is 4.79 Å². The number of carbonyl (C=O) groups excluding carboxylic acids is 1. The van der Waals surface area contributed by atoms with E-state index in [1.54, 1.807) is 13.0 Å². The second-order valence-electron chi connectivity index (χ2n) is 3.89. The number of nitrogens with zero attached hydrogens (tertiary/aromatic N) is 1. The van der Waals surface area contributed by atoms with E-state index in [0.29, 0.717) is 5.56 Å². The Hall–Kier alpha value is -2.34. The zero-order chi connectivity index (χ0) is 12.3. The van der Waals surface area contributed by atoms with Crippen LogP contribution in [0.4, 0.5) is 0 Å². The molecule has 0 fully saturated rings. The van der Waals surface area contributed by atoms with E-state index >= 15 is 0 Å². The van der Waals surface area contributed by atoms with Gasteiger partial charge in [0.05, 0.1) is 6.07 Å². The number of hydrogen-bond acceptors (Lipinski definition) is 2. The molecule has 0 radical (unpaired) electrons. The van der Waals surface area contributed by atoms with Gasteiger partial charge in [0.1, 0.15) is 6.04 Å². The second kappa shape index (κ2) is 4.67. The largest absolute Gasteiger partial charge is 0.337 e. The monoisotopic (exact) mass is 224 g/mol. The molecule has 3 nitrogen and oxygen atoms in total. The first-order valence-corrected chi connectivity index (χ1v) is 5.40. The molecule has 0 aromatic heterocycles. The fourth-order valence-corrected chi connectivity index (χ4v) is 1.64. The number of carbonyl (C=O) groups is 1. The Labute approximate surface area is 99.7 Å². The van der Waals surface area contributed by atoms with E-state index in [9.17, 15) is 4.79 Å². The molecule has 0 heterocycles. The number of nitrogens with one attached hydrogen (secondary N) is 1. The summed E-state index contributed by atoms with van der Waals surface area (Å²) in [4.78, 5) is 11.8. The van der Waals surface area contributed by atoms with E-state index in [4.69, 9.17) is 5.26 Å². The third kappa shape index (κ3) is 2.43. The van der Waals surface area contributed by atoms with Crippen LogP contribution in [0.25, 0.3) is 10.8 Å². The number of rotatable bonds is 2. The minimum Gasteiger partial charge on any atom is -0.337 e. The van der Waals surface area contributed by atoms with Gasteiger partial charge in [-0.1, -0.05) is 30.3 Å². The highest BCUT2D eigenvalue weighted by Gasteiger charge is 2.08. The van der Waals surface area contributed by atoms with Crippen LogP contribution in [-0.2, 0) is 0 Å². The topological polar surface area (TPSA) is 52.9 Å². The zero-order valence-electron chi connectivity index (χ0n) is 9.47. The fraction of sp³-hybridized carbons (Fsp3) is 0.143. The molecule has 84 valence electrons. The van der Waals surface area contributed by atoms with Gasteiger partial charge in [0, 0.05) is 5.56 Å². The lowest BCUT2D eigenvalue weighted by Crippen LogP contribution is -2.31. The smallest absolute Gasteiger partial charge is 0.252 e. The molecular formula is C14H12N2O. The number of benzene rings is 2. The summed E-state index contributed by atoms with van der Waals surface area (Å²) in [5.74, 6) is -0.218. The van der Waals surface area contributed by atoms with Crippen LogP contribution >= 0.6 is 0 Å². The first-order valence-electron chi connectivity index (χ1n) is 5.40. The molecule has 3 heteroatoms. The highest BCUT2D eigenvalue weighted by Crippen LogP contribution is 2.15. The van der Waals surface area contributed by atoms with E-state index in [1.165, 1.54) is 0 Å². The van der Waals surface area contributed by atoms with Crippen molar-refractivity contribution in [2.24, 2.45) is 0 Å². The van der Waals surface area contributed by atoms with Crippen molar-refractivity contribution in [3.8, 4) is 6.07 Å². The van der Waals surface area contributed by atoms with Crippen molar-refractivity contribution in [2.75, 3.05) is 0 Å². The van der Waals surface area contributed by atoms with Crippen LogP contribution in [0.15, 0.2) is 42.5 Å². The quantitative estimate of drug-likeness (QED) is 0.852. The molecule has 1 atom stereocenters. The van der Waals surface area contributed by atoms with Crippen molar-refractivity contribution in [1.82, 2.24) is 5.32 Å². The molecule has 0 aliphatic carbocycles. The van der Waals surface area contributed by atoms with Gasteiger partial charge in [-0.05, 0) is 29.8 Å². The van der Waals surface area contributed by atoms with Gasteiger partial charge in [-0.15, -0.1) is 0 Å². The van der Waals surface area contributed by atoms with Crippen LogP contribution in [0.3, 0.4) is 0 Å². The molecule has 2 rings (SSSR count). The highest BCUT2D eigenvalue weighted by atomic mass is 16.1. The average molecular weight is 224 g/mol. The summed E-state index contributed by atoms with van der Waals surface area (Å²) in [5, 5.41) is 13.4. The van der Waals surface area contributed by atoms with Crippen LogP contribution < -0.4 is 5.32 Å². The van der Waals surface area contributed by atoms with Crippen molar-refractivity contribution in [1.29, 1.82) is 5.26 Å². The predicted molar refractivity (Wildman–Crippen MR) is 66.5 cm³/mol. The first kappa shape index (κ1) is 11.2. The predicted octanol–water partition coefficient (Wildman–Crippen LogP) is 2.48. The van der Waals surface area contributed by atoms with Gasteiger partial charge in [-0.25, -0.2) is 0 Å².